The zero-order valence-electron chi connectivity index (χ0n) is 10.1. The van der Waals surface area contributed by atoms with Gasteiger partial charge < -0.3 is 15.5 Å². The molecule has 110 valence electrons. The Morgan fingerprint density at radius 3 is 2.20 bits per heavy atom. The molecule has 3 N–H and O–H groups in total. The molecule has 0 saturated heterocycles. The monoisotopic (exact) mass is 291 g/mol. The van der Waals surface area contributed by atoms with Crippen LogP contribution in [0.25, 0.3) is 0 Å². The van der Waals surface area contributed by atoms with Gasteiger partial charge in [-0.3, -0.25) is 4.79 Å². The average molecular weight is 291 g/mol. The fourth-order valence-electron chi connectivity index (χ4n) is 1.50. The van der Waals surface area contributed by atoms with Crippen LogP contribution < -0.4 is 5.32 Å². The number of phenolic OH excluding ortho intramolecular Hbond substituents is 1. The number of aromatic hydroxyl groups is 1. The highest BCUT2D eigenvalue weighted by Crippen LogP contribution is 2.19. The van der Waals surface area contributed by atoms with E-state index in [4.69, 9.17) is 10.2 Å². The van der Waals surface area contributed by atoms with E-state index in [2.05, 4.69) is 0 Å². The summed E-state index contributed by atoms with van der Waals surface area (Å²) in [5, 5.41) is 19.8. The molecule has 0 saturated carbocycles. The Balaban J connectivity index is 2.68. The van der Waals surface area contributed by atoms with Gasteiger partial charge in [0, 0.05) is 6.42 Å². The molecule has 1 rings (SSSR count). The highest BCUT2D eigenvalue weighted by Gasteiger charge is 2.33. The molecule has 1 aromatic rings. The molecule has 0 radical (unpaired) electrons. The van der Waals surface area contributed by atoms with E-state index in [9.17, 15) is 22.8 Å². The number of alkyl halides is 3. The number of halogens is 3. The summed E-state index contributed by atoms with van der Waals surface area (Å²) in [5.41, 5.74) is 0.461. The van der Waals surface area contributed by atoms with Crippen molar-refractivity contribution in [3.8, 4) is 5.75 Å². The molecule has 0 bridgehead atoms. The summed E-state index contributed by atoms with van der Waals surface area (Å²) in [6, 6.07) is 3.99. The zero-order valence-corrected chi connectivity index (χ0v) is 10.1. The third-order valence-corrected chi connectivity index (χ3v) is 2.37. The van der Waals surface area contributed by atoms with E-state index in [1.54, 1.807) is 0 Å². The smallest absolute Gasteiger partial charge is 0.397 e. The first kappa shape index (κ1) is 15.8. The molecule has 0 fully saturated rings. The van der Waals surface area contributed by atoms with E-state index in [0.717, 1.165) is 0 Å². The molecule has 1 atom stereocenters. The third-order valence-electron chi connectivity index (χ3n) is 2.37. The zero-order chi connectivity index (χ0) is 15.3. The topological polar surface area (TPSA) is 86.6 Å². The van der Waals surface area contributed by atoms with Gasteiger partial charge in [-0.2, -0.15) is 13.2 Å². The Kier molecular flexibility index (Phi) is 4.95. The minimum Gasteiger partial charge on any atom is -0.508 e. The van der Waals surface area contributed by atoms with Gasteiger partial charge in [-0.25, -0.2) is 4.79 Å². The summed E-state index contributed by atoms with van der Waals surface area (Å²) in [6.45, 7) is 0. The number of phenols is 1. The number of carbonyl (C=O) groups is 2. The Labute approximate surface area is 112 Å². The van der Waals surface area contributed by atoms with Gasteiger partial charge in [-0.05, 0) is 17.7 Å². The fraction of sp³-hybridized carbons (Fsp3) is 0.333. The number of carboxylic acids is 1. The molecule has 0 heterocycles. The van der Waals surface area contributed by atoms with Crippen LogP contribution in [0.2, 0.25) is 0 Å². The van der Waals surface area contributed by atoms with Crippen molar-refractivity contribution in [3.63, 3.8) is 0 Å². The largest absolute Gasteiger partial charge is 0.508 e. The van der Waals surface area contributed by atoms with Crippen LogP contribution >= 0.6 is 0 Å². The molecule has 1 aromatic carbocycles. The third kappa shape index (κ3) is 5.59. The number of aliphatic carboxylic acids is 1. The second-order valence-corrected chi connectivity index (χ2v) is 4.12. The highest BCUT2D eigenvalue weighted by atomic mass is 19.4. The van der Waals surface area contributed by atoms with Crippen molar-refractivity contribution in [2.75, 3.05) is 0 Å². The molecule has 0 aromatic heterocycles. The first-order valence-corrected chi connectivity index (χ1v) is 5.54. The number of rotatable bonds is 5. The molecule has 8 heteroatoms. The molecule has 0 spiro atoms. The number of carboxylic acid groups (broad SMARTS) is 1. The lowest BCUT2D eigenvalue weighted by Gasteiger charge is -2.15. The first-order chi connectivity index (χ1) is 9.17. The standard InChI is InChI=1S/C12H12F3NO4/c13-12(14,15)6-10(18)16-9(11(19)20)5-7-1-3-8(17)4-2-7/h1-4,9,17H,5-6H2,(H,16,18)(H,19,20). The van der Waals surface area contributed by atoms with Crippen molar-refractivity contribution in [2.45, 2.75) is 25.1 Å². The number of carbonyl (C=O) groups excluding carboxylic acids is 1. The lowest BCUT2D eigenvalue weighted by atomic mass is 10.1. The van der Waals surface area contributed by atoms with Gasteiger partial charge in [0.1, 0.15) is 18.2 Å². The summed E-state index contributed by atoms with van der Waals surface area (Å²) in [5.74, 6) is -2.86. The molecule has 0 aliphatic heterocycles. The number of nitrogens with one attached hydrogen (secondary N) is 1. The van der Waals surface area contributed by atoms with Crippen molar-refractivity contribution < 1.29 is 33.0 Å². The quantitative estimate of drug-likeness (QED) is 0.766. The van der Waals surface area contributed by atoms with E-state index >= 15 is 0 Å². The predicted octanol–water partition coefficient (Wildman–Crippen LogP) is 1.46. The van der Waals surface area contributed by atoms with E-state index < -0.39 is 30.5 Å². The molecule has 5 nitrogen and oxygen atoms in total. The second kappa shape index (κ2) is 6.27. The number of hydrogen-bond donors (Lipinski definition) is 3. The predicted molar refractivity (Wildman–Crippen MR) is 62.0 cm³/mol. The normalized spacial score (nSPS) is 12.8. The SMILES string of the molecule is O=C(CC(F)(F)F)NC(Cc1ccc(O)cc1)C(=O)O. The lowest BCUT2D eigenvalue weighted by molar-refractivity contribution is -0.156. The van der Waals surface area contributed by atoms with E-state index in [1.807, 2.05) is 5.32 Å². The molecular formula is C12H12F3NO4. The summed E-state index contributed by atoms with van der Waals surface area (Å²) < 4.78 is 36.0. The summed E-state index contributed by atoms with van der Waals surface area (Å²) >= 11 is 0. The Bertz CT molecular complexity index is 484. The second-order valence-electron chi connectivity index (χ2n) is 4.12. The highest BCUT2D eigenvalue weighted by molar-refractivity contribution is 5.84. The van der Waals surface area contributed by atoms with Crippen LogP contribution in [-0.2, 0) is 16.0 Å². The van der Waals surface area contributed by atoms with Gasteiger partial charge in [0.05, 0.1) is 0 Å². The van der Waals surface area contributed by atoms with Gasteiger partial charge in [0.2, 0.25) is 5.91 Å². The Hall–Kier alpha value is -2.25. The first-order valence-electron chi connectivity index (χ1n) is 5.54. The fourth-order valence-corrected chi connectivity index (χ4v) is 1.50. The van der Waals surface area contributed by atoms with Crippen molar-refractivity contribution in [1.29, 1.82) is 0 Å². The van der Waals surface area contributed by atoms with Gasteiger partial charge in [-0.1, -0.05) is 12.1 Å². The summed E-state index contributed by atoms with van der Waals surface area (Å²) in [4.78, 5) is 22.0. The Morgan fingerprint density at radius 2 is 1.75 bits per heavy atom. The van der Waals surface area contributed by atoms with E-state index in [1.165, 1.54) is 24.3 Å². The van der Waals surface area contributed by atoms with Crippen LogP contribution in [0.15, 0.2) is 24.3 Å². The maximum absolute atomic E-state index is 12.0. The minimum absolute atomic E-state index is 0.0262. The number of hydrogen-bond acceptors (Lipinski definition) is 3. The van der Waals surface area contributed by atoms with Crippen LogP contribution in [-0.4, -0.2) is 34.3 Å². The molecule has 1 unspecified atom stereocenters. The van der Waals surface area contributed by atoms with E-state index in [0.29, 0.717) is 5.56 Å². The summed E-state index contributed by atoms with van der Waals surface area (Å²) in [7, 11) is 0. The van der Waals surface area contributed by atoms with Crippen molar-refractivity contribution in [2.24, 2.45) is 0 Å². The van der Waals surface area contributed by atoms with Crippen LogP contribution in [0.3, 0.4) is 0 Å². The van der Waals surface area contributed by atoms with Gasteiger partial charge in [0.15, 0.2) is 0 Å². The van der Waals surface area contributed by atoms with Gasteiger partial charge >= 0.3 is 12.1 Å². The van der Waals surface area contributed by atoms with Crippen molar-refractivity contribution in [1.82, 2.24) is 5.32 Å². The molecule has 1 amide bonds. The molecule has 0 aliphatic rings. The van der Waals surface area contributed by atoms with Crippen LogP contribution in [0, 0.1) is 0 Å². The maximum atomic E-state index is 12.0. The summed E-state index contributed by atoms with van der Waals surface area (Å²) in [6.07, 6.45) is -6.60. The maximum Gasteiger partial charge on any atom is 0.397 e. The lowest BCUT2D eigenvalue weighted by Crippen LogP contribution is -2.43. The number of benzene rings is 1. The van der Waals surface area contributed by atoms with Crippen LogP contribution in [0.4, 0.5) is 13.2 Å². The van der Waals surface area contributed by atoms with Crippen molar-refractivity contribution >= 4 is 11.9 Å². The van der Waals surface area contributed by atoms with E-state index in [-0.39, 0.29) is 12.2 Å². The average Bonchev–Trinajstić information content (AvgIpc) is 2.28. The van der Waals surface area contributed by atoms with Gasteiger partial charge in [0.25, 0.3) is 0 Å². The van der Waals surface area contributed by atoms with Crippen molar-refractivity contribution in [3.05, 3.63) is 29.8 Å². The van der Waals surface area contributed by atoms with Crippen LogP contribution in [0.5, 0.6) is 5.75 Å². The number of amides is 1. The Morgan fingerprint density at radius 1 is 1.20 bits per heavy atom. The molecular weight excluding hydrogens is 279 g/mol. The minimum atomic E-state index is -4.69. The van der Waals surface area contributed by atoms with Crippen LogP contribution in [0.1, 0.15) is 12.0 Å². The van der Waals surface area contributed by atoms with Gasteiger partial charge in [-0.15, -0.1) is 0 Å². The molecule has 0 aliphatic carbocycles. The molecule has 20 heavy (non-hydrogen) atoms.